The molecular formula is C10H18F3NO2. The van der Waals surface area contributed by atoms with Gasteiger partial charge < -0.3 is 4.74 Å². The first-order chi connectivity index (χ1) is 7.39. The number of hydrogen-bond donors (Lipinski definition) is 0. The number of methoxy groups -OCH3 is 1. The molecule has 0 spiro atoms. The van der Waals surface area contributed by atoms with Crippen LogP contribution in [-0.4, -0.2) is 49.7 Å². The van der Waals surface area contributed by atoms with Crippen molar-refractivity contribution in [3.8, 4) is 0 Å². The van der Waals surface area contributed by atoms with E-state index >= 15 is 0 Å². The minimum Gasteiger partial charge on any atom is -0.380 e. The SMILES string of the molecule is CCN1CC[C@H](OC(F)(F)F)[C@H]1[C@H](C)OC. The standard InChI is InChI=1S/C10H18F3NO2/c1-4-14-6-5-8(16-10(11,12)13)9(14)7(2)15-3/h7-9H,4-6H2,1-3H3/t7-,8-,9+/m0/s1. The summed E-state index contributed by atoms with van der Waals surface area (Å²) in [5.74, 6) is 0. The maximum absolute atomic E-state index is 12.2. The molecule has 0 aromatic carbocycles. The average molecular weight is 241 g/mol. The maximum Gasteiger partial charge on any atom is 0.522 e. The molecule has 1 aliphatic heterocycles. The average Bonchev–Trinajstić information content (AvgIpc) is 2.57. The summed E-state index contributed by atoms with van der Waals surface area (Å²) in [6, 6.07) is -0.323. The zero-order chi connectivity index (χ0) is 12.3. The smallest absolute Gasteiger partial charge is 0.380 e. The zero-order valence-corrected chi connectivity index (χ0v) is 9.75. The van der Waals surface area contributed by atoms with Crippen molar-refractivity contribution in [1.82, 2.24) is 4.90 Å². The van der Waals surface area contributed by atoms with Crippen LogP contribution in [0.2, 0.25) is 0 Å². The number of halogens is 3. The molecule has 0 saturated carbocycles. The highest BCUT2D eigenvalue weighted by molar-refractivity contribution is 4.91. The second kappa shape index (κ2) is 5.33. The normalized spacial score (nSPS) is 29.6. The molecule has 0 unspecified atom stereocenters. The molecule has 0 aromatic rings. The molecule has 1 fully saturated rings. The minimum atomic E-state index is -4.57. The van der Waals surface area contributed by atoms with Crippen LogP contribution in [0.25, 0.3) is 0 Å². The van der Waals surface area contributed by atoms with Gasteiger partial charge in [-0.1, -0.05) is 6.92 Å². The molecule has 0 bridgehead atoms. The van der Waals surface area contributed by atoms with Gasteiger partial charge in [0.2, 0.25) is 0 Å². The molecule has 3 atom stereocenters. The number of likely N-dealkylation sites (tertiary alicyclic amines) is 1. The van der Waals surface area contributed by atoms with Gasteiger partial charge in [-0.15, -0.1) is 13.2 Å². The van der Waals surface area contributed by atoms with Gasteiger partial charge in [0.05, 0.1) is 18.2 Å². The summed E-state index contributed by atoms with van der Waals surface area (Å²) in [7, 11) is 1.50. The highest BCUT2D eigenvalue weighted by Crippen LogP contribution is 2.30. The highest BCUT2D eigenvalue weighted by atomic mass is 19.4. The van der Waals surface area contributed by atoms with E-state index in [1.165, 1.54) is 7.11 Å². The molecule has 3 nitrogen and oxygen atoms in total. The van der Waals surface area contributed by atoms with E-state index in [0.717, 1.165) is 0 Å². The van der Waals surface area contributed by atoms with Crippen molar-refractivity contribution in [2.24, 2.45) is 0 Å². The lowest BCUT2D eigenvalue weighted by atomic mass is 10.1. The lowest BCUT2D eigenvalue weighted by Gasteiger charge is -2.31. The Kier molecular flexibility index (Phi) is 4.58. The van der Waals surface area contributed by atoms with Gasteiger partial charge in [0.25, 0.3) is 0 Å². The topological polar surface area (TPSA) is 21.7 Å². The first-order valence-electron chi connectivity index (χ1n) is 5.40. The van der Waals surface area contributed by atoms with Gasteiger partial charge in [-0.05, 0) is 19.9 Å². The molecule has 0 radical (unpaired) electrons. The van der Waals surface area contributed by atoms with Crippen LogP contribution in [0, 0.1) is 0 Å². The molecule has 0 amide bonds. The number of likely N-dealkylation sites (N-methyl/N-ethyl adjacent to an activating group) is 1. The summed E-state index contributed by atoms with van der Waals surface area (Å²) in [5, 5.41) is 0. The molecule has 1 aliphatic rings. The van der Waals surface area contributed by atoms with Crippen LogP contribution in [0.15, 0.2) is 0 Å². The Labute approximate surface area is 93.5 Å². The molecular weight excluding hydrogens is 223 g/mol. The van der Waals surface area contributed by atoms with Crippen LogP contribution in [0.1, 0.15) is 20.3 Å². The third kappa shape index (κ3) is 3.33. The van der Waals surface area contributed by atoms with Crippen molar-refractivity contribution in [3.63, 3.8) is 0 Å². The first-order valence-corrected chi connectivity index (χ1v) is 5.40. The Bertz CT molecular complexity index is 223. The van der Waals surface area contributed by atoms with Crippen molar-refractivity contribution in [1.29, 1.82) is 0 Å². The minimum absolute atomic E-state index is 0.269. The Balaban J connectivity index is 2.69. The molecule has 1 heterocycles. The van der Waals surface area contributed by atoms with Crippen molar-refractivity contribution < 1.29 is 22.6 Å². The van der Waals surface area contributed by atoms with Gasteiger partial charge in [0.15, 0.2) is 0 Å². The fraction of sp³-hybridized carbons (Fsp3) is 1.00. The van der Waals surface area contributed by atoms with Crippen LogP contribution >= 0.6 is 0 Å². The van der Waals surface area contributed by atoms with Gasteiger partial charge in [0.1, 0.15) is 0 Å². The highest BCUT2D eigenvalue weighted by Gasteiger charge is 2.44. The summed E-state index contributed by atoms with van der Waals surface area (Å²) >= 11 is 0. The molecule has 0 aliphatic carbocycles. The van der Waals surface area contributed by atoms with Gasteiger partial charge in [0, 0.05) is 13.7 Å². The second-order valence-electron chi connectivity index (χ2n) is 3.95. The molecule has 0 N–H and O–H groups in total. The molecule has 6 heteroatoms. The van der Waals surface area contributed by atoms with Gasteiger partial charge in [-0.3, -0.25) is 9.64 Å². The summed E-state index contributed by atoms with van der Waals surface area (Å²) in [6.07, 6.45) is -5.27. The number of rotatable bonds is 4. The Morgan fingerprint density at radius 1 is 1.44 bits per heavy atom. The van der Waals surface area contributed by atoms with Crippen molar-refractivity contribution >= 4 is 0 Å². The molecule has 96 valence electrons. The third-order valence-electron chi connectivity index (χ3n) is 3.05. The number of hydrogen-bond acceptors (Lipinski definition) is 3. The Morgan fingerprint density at radius 3 is 2.50 bits per heavy atom. The van der Waals surface area contributed by atoms with E-state index in [1.54, 1.807) is 6.92 Å². The predicted octanol–water partition coefficient (Wildman–Crippen LogP) is 2.02. The van der Waals surface area contributed by atoms with Crippen molar-refractivity contribution in [3.05, 3.63) is 0 Å². The fourth-order valence-corrected chi connectivity index (χ4v) is 2.26. The van der Waals surface area contributed by atoms with Gasteiger partial charge >= 0.3 is 6.36 Å². The predicted molar refractivity (Wildman–Crippen MR) is 53.1 cm³/mol. The summed E-state index contributed by atoms with van der Waals surface area (Å²) in [5.41, 5.74) is 0. The maximum atomic E-state index is 12.2. The van der Waals surface area contributed by atoms with Crippen LogP contribution in [0.3, 0.4) is 0 Å². The van der Waals surface area contributed by atoms with E-state index < -0.39 is 12.5 Å². The van der Waals surface area contributed by atoms with E-state index in [4.69, 9.17) is 4.74 Å². The van der Waals surface area contributed by atoms with E-state index in [2.05, 4.69) is 4.74 Å². The van der Waals surface area contributed by atoms with E-state index in [0.29, 0.717) is 19.5 Å². The lowest BCUT2D eigenvalue weighted by molar-refractivity contribution is -0.346. The number of nitrogens with zero attached hydrogens (tertiary/aromatic N) is 1. The quantitative estimate of drug-likeness (QED) is 0.751. The molecule has 1 rings (SSSR count). The van der Waals surface area contributed by atoms with Crippen LogP contribution in [-0.2, 0) is 9.47 Å². The van der Waals surface area contributed by atoms with Crippen LogP contribution in [0.4, 0.5) is 13.2 Å². The largest absolute Gasteiger partial charge is 0.522 e. The summed E-state index contributed by atoms with van der Waals surface area (Å²) in [4.78, 5) is 1.96. The van der Waals surface area contributed by atoms with Crippen LogP contribution < -0.4 is 0 Å². The van der Waals surface area contributed by atoms with E-state index in [-0.39, 0.29) is 12.1 Å². The Morgan fingerprint density at radius 2 is 2.06 bits per heavy atom. The lowest BCUT2D eigenvalue weighted by Crippen LogP contribution is -2.46. The fourth-order valence-electron chi connectivity index (χ4n) is 2.26. The molecule has 1 saturated heterocycles. The van der Waals surface area contributed by atoms with Crippen molar-refractivity contribution in [2.75, 3.05) is 20.2 Å². The van der Waals surface area contributed by atoms with Crippen LogP contribution in [0.5, 0.6) is 0 Å². The van der Waals surface area contributed by atoms with Gasteiger partial charge in [-0.25, -0.2) is 0 Å². The molecule has 0 aromatic heterocycles. The second-order valence-corrected chi connectivity index (χ2v) is 3.95. The summed E-state index contributed by atoms with van der Waals surface area (Å²) in [6.45, 7) is 5.02. The van der Waals surface area contributed by atoms with Gasteiger partial charge in [-0.2, -0.15) is 0 Å². The number of ether oxygens (including phenoxy) is 2. The van der Waals surface area contributed by atoms with E-state index in [9.17, 15) is 13.2 Å². The Hall–Kier alpha value is -0.330. The molecule has 16 heavy (non-hydrogen) atoms. The van der Waals surface area contributed by atoms with E-state index in [1.807, 2.05) is 11.8 Å². The summed E-state index contributed by atoms with van der Waals surface area (Å²) < 4.78 is 45.9. The zero-order valence-electron chi connectivity index (χ0n) is 9.75. The van der Waals surface area contributed by atoms with Crippen molar-refractivity contribution in [2.45, 2.75) is 44.9 Å². The third-order valence-corrected chi connectivity index (χ3v) is 3.05. The monoisotopic (exact) mass is 241 g/mol. The first kappa shape index (κ1) is 13.7. The number of alkyl halides is 3.